The lowest BCUT2D eigenvalue weighted by Gasteiger charge is -2.16. The number of hydrogen-bond acceptors (Lipinski definition) is 2. The van der Waals surface area contributed by atoms with Gasteiger partial charge in [-0.2, -0.15) is 0 Å². The molecule has 1 aromatic carbocycles. The summed E-state index contributed by atoms with van der Waals surface area (Å²) in [7, 11) is 0. The van der Waals surface area contributed by atoms with E-state index in [1.807, 2.05) is 18.2 Å². The Kier molecular flexibility index (Phi) is 3.70. The van der Waals surface area contributed by atoms with E-state index in [1.54, 1.807) is 0 Å². The maximum atomic E-state index is 12.1. The van der Waals surface area contributed by atoms with Crippen LogP contribution in [0.5, 0.6) is 0 Å². The SMILES string of the molecule is NCCCn1c(-c2ccccc2)cc2c1CCCC2=O. The van der Waals surface area contributed by atoms with Gasteiger partial charge in [0, 0.05) is 29.9 Å². The molecule has 0 saturated heterocycles. The van der Waals surface area contributed by atoms with Gasteiger partial charge in [-0.25, -0.2) is 0 Å². The van der Waals surface area contributed by atoms with Gasteiger partial charge in [-0.3, -0.25) is 4.79 Å². The van der Waals surface area contributed by atoms with Crippen LogP contribution in [0.25, 0.3) is 11.3 Å². The number of benzene rings is 1. The molecule has 0 aliphatic heterocycles. The summed E-state index contributed by atoms with van der Waals surface area (Å²) in [6, 6.07) is 12.4. The first-order valence-corrected chi connectivity index (χ1v) is 7.32. The fourth-order valence-electron chi connectivity index (χ4n) is 3.00. The van der Waals surface area contributed by atoms with Crippen molar-refractivity contribution < 1.29 is 4.79 Å². The fraction of sp³-hybridized carbons (Fsp3) is 0.353. The van der Waals surface area contributed by atoms with E-state index in [0.29, 0.717) is 13.0 Å². The Hall–Kier alpha value is -1.87. The highest BCUT2D eigenvalue weighted by atomic mass is 16.1. The lowest BCUT2D eigenvalue weighted by molar-refractivity contribution is 0.0971. The number of aromatic nitrogens is 1. The predicted molar refractivity (Wildman–Crippen MR) is 80.8 cm³/mol. The van der Waals surface area contributed by atoms with Gasteiger partial charge in [-0.15, -0.1) is 0 Å². The molecule has 0 unspecified atom stereocenters. The number of carbonyl (C=O) groups is 1. The van der Waals surface area contributed by atoms with Gasteiger partial charge in [0.25, 0.3) is 0 Å². The number of fused-ring (bicyclic) bond motifs is 1. The standard InChI is InChI=1S/C17H20N2O/c18-10-5-11-19-15-8-4-9-17(20)14(15)12-16(19)13-6-2-1-3-7-13/h1-3,6-7,12H,4-5,8-11,18H2. The molecule has 20 heavy (non-hydrogen) atoms. The summed E-state index contributed by atoms with van der Waals surface area (Å²) in [6.07, 6.45) is 3.59. The number of rotatable bonds is 4. The molecule has 3 heteroatoms. The molecule has 104 valence electrons. The van der Waals surface area contributed by atoms with E-state index in [4.69, 9.17) is 5.73 Å². The molecule has 1 aromatic heterocycles. The van der Waals surface area contributed by atoms with Gasteiger partial charge in [0.05, 0.1) is 0 Å². The third-order valence-corrected chi connectivity index (χ3v) is 3.98. The highest BCUT2D eigenvalue weighted by molar-refractivity contribution is 5.99. The first-order chi connectivity index (χ1) is 9.81. The molecule has 3 nitrogen and oxygen atoms in total. The van der Waals surface area contributed by atoms with Gasteiger partial charge >= 0.3 is 0 Å². The molecule has 1 aliphatic carbocycles. The monoisotopic (exact) mass is 268 g/mol. The fourth-order valence-corrected chi connectivity index (χ4v) is 3.00. The molecule has 1 heterocycles. The van der Waals surface area contributed by atoms with Crippen LogP contribution in [0.2, 0.25) is 0 Å². The van der Waals surface area contributed by atoms with E-state index in [2.05, 4.69) is 22.8 Å². The minimum atomic E-state index is 0.287. The quantitative estimate of drug-likeness (QED) is 0.926. The highest BCUT2D eigenvalue weighted by Gasteiger charge is 2.23. The zero-order chi connectivity index (χ0) is 13.9. The van der Waals surface area contributed by atoms with Gasteiger partial charge in [0.1, 0.15) is 0 Å². The van der Waals surface area contributed by atoms with Crippen molar-refractivity contribution in [2.24, 2.45) is 5.73 Å². The van der Waals surface area contributed by atoms with Crippen molar-refractivity contribution in [2.75, 3.05) is 6.54 Å². The summed E-state index contributed by atoms with van der Waals surface area (Å²) < 4.78 is 2.30. The Morgan fingerprint density at radius 1 is 1.15 bits per heavy atom. The Morgan fingerprint density at radius 3 is 2.70 bits per heavy atom. The van der Waals surface area contributed by atoms with Crippen molar-refractivity contribution >= 4 is 5.78 Å². The second-order valence-corrected chi connectivity index (χ2v) is 5.33. The molecule has 0 radical (unpaired) electrons. The first-order valence-electron chi connectivity index (χ1n) is 7.32. The van der Waals surface area contributed by atoms with Crippen molar-refractivity contribution in [2.45, 2.75) is 32.2 Å². The van der Waals surface area contributed by atoms with Crippen molar-refractivity contribution in [3.8, 4) is 11.3 Å². The topological polar surface area (TPSA) is 48.0 Å². The summed E-state index contributed by atoms with van der Waals surface area (Å²) in [5.41, 5.74) is 10.1. The zero-order valence-electron chi connectivity index (χ0n) is 11.6. The number of nitrogens with two attached hydrogens (primary N) is 1. The molecule has 2 N–H and O–H groups in total. The van der Waals surface area contributed by atoms with E-state index in [-0.39, 0.29) is 5.78 Å². The van der Waals surface area contributed by atoms with Crippen LogP contribution in [-0.2, 0) is 13.0 Å². The van der Waals surface area contributed by atoms with Gasteiger partial charge in [0.15, 0.2) is 5.78 Å². The van der Waals surface area contributed by atoms with Crippen LogP contribution in [-0.4, -0.2) is 16.9 Å². The van der Waals surface area contributed by atoms with Crippen molar-refractivity contribution in [3.05, 3.63) is 47.7 Å². The minimum Gasteiger partial charge on any atom is -0.344 e. The predicted octanol–water partition coefficient (Wildman–Crippen LogP) is 3.02. The van der Waals surface area contributed by atoms with Crippen LogP contribution in [0.15, 0.2) is 36.4 Å². The third-order valence-electron chi connectivity index (χ3n) is 3.98. The summed E-state index contributed by atoms with van der Waals surface area (Å²) in [5.74, 6) is 0.287. The van der Waals surface area contributed by atoms with Crippen LogP contribution in [0, 0.1) is 0 Å². The second kappa shape index (κ2) is 5.63. The van der Waals surface area contributed by atoms with Crippen molar-refractivity contribution in [1.82, 2.24) is 4.57 Å². The number of Topliss-reactive ketones (excluding diaryl/α,β-unsaturated/α-hetero) is 1. The smallest absolute Gasteiger partial charge is 0.164 e. The van der Waals surface area contributed by atoms with Crippen LogP contribution in [0.1, 0.15) is 35.3 Å². The number of hydrogen-bond donors (Lipinski definition) is 1. The molecule has 0 amide bonds. The molecule has 3 rings (SSSR count). The van der Waals surface area contributed by atoms with Crippen LogP contribution >= 0.6 is 0 Å². The van der Waals surface area contributed by atoms with E-state index < -0.39 is 0 Å². The second-order valence-electron chi connectivity index (χ2n) is 5.33. The van der Waals surface area contributed by atoms with Gasteiger partial charge in [0.2, 0.25) is 0 Å². The van der Waals surface area contributed by atoms with Crippen LogP contribution in [0.4, 0.5) is 0 Å². The van der Waals surface area contributed by atoms with E-state index in [1.165, 1.54) is 11.3 Å². The summed E-state index contributed by atoms with van der Waals surface area (Å²) in [6.45, 7) is 1.57. The van der Waals surface area contributed by atoms with Gasteiger partial charge in [-0.1, -0.05) is 30.3 Å². The van der Waals surface area contributed by atoms with Crippen LogP contribution < -0.4 is 5.73 Å². The molecule has 0 saturated carbocycles. The molecule has 0 fully saturated rings. The average Bonchev–Trinajstić information content (AvgIpc) is 2.86. The first kappa shape index (κ1) is 13.1. The van der Waals surface area contributed by atoms with E-state index in [0.717, 1.165) is 37.1 Å². The maximum absolute atomic E-state index is 12.1. The Balaban J connectivity index is 2.10. The lowest BCUT2D eigenvalue weighted by Crippen LogP contribution is -2.15. The molecule has 0 bridgehead atoms. The molecule has 0 spiro atoms. The zero-order valence-corrected chi connectivity index (χ0v) is 11.6. The Labute approximate surface area is 119 Å². The average molecular weight is 268 g/mol. The molecular weight excluding hydrogens is 248 g/mol. The molecule has 2 aromatic rings. The van der Waals surface area contributed by atoms with E-state index >= 15 is 0 Å². The lowest BCUT2D eigenvalue weighted by atomic mass is 9.96. The van der Waals surface area contributed by atoms with Crippen molar-refractivity contribution in [1.29, 1.82) is 0 Å². The van der Waals surface area contributed by atoms with Gasteiger partial charge < -0.3 is 10.3 Å². The maximum Gasteiger partial charge on any atom is 0.164 e. The molecule has 0 atom stereocenters. The highest BCUT2D eigenvalue weighted by Crippen LogP contribution is 2.31. The summed E-state index contributed by atoms with van der Waals surface area (Å²) in [4.78, 5) is 12.1. The Bertz CT molecular complexity index is 613. The normalized spacial score (nSPS) is 14.3. The van der Waals surface area contributed by atoms with E-state index in [9.17, 15) is 4.79 Å². The summed E-state index contributed by atoms with van der Waals surface area (Å²) in [5, 5.41) is 0. The summed E-state index contributed by atoms with van der Waals surface area (Å²) >= 11 is 0. The number of ketones is 1. The minimum absolute atomic E-state index is 0.287. The van der Waals surface area contributed by atoms with Gasteiger partial charge in [-0.05, 0) is 37.4 Å². The number of carbonyl (C=O) groups excluding carboxylic acids is 1. The van der Waals surface area contributed by atoms with Crippen LogP contribution in [0.3, 0.4) is 0 Å². The third kappa shape index (κ3) is 2.29. The molecule has 1 aliphatic rings. The van der Waals surface area contributed by atoms with Crippen molar-refractivity contribution in [3.63, 3.8) is 0 Å². The number of nitrogens with zero attached hydrogens (tertiary/aromatic N) is 1. The molecular formula is C17H20N2O. The largest absolute Gasteiger partial charge is 0.344 e. The Morgan fingerprint density at radius 2 is 1.95 bits per heavy atom.